The van der Waals surface area contributed by atoms with Gasteiger partial charge < -0.3 is 14.7 Å². The van der Waals surface area contributed by atoms with E-state index in [-0.39, 0.29) is 5.91 Å². The van der Waals surface area contributed by atoms with Crippen LogP contribution in [0.25, 0.3) is 0 Å². The number of carboxylic acid groups (broad SMARTS) is 1. The fourth-order valence-corrected chi connectivity index (χ4v) is 2.57. The van der Waals surface area contributed by atoms with E-state index in [1.165, 1.54) is 19.3 Å². The maximum Gasteiger partial charge on any atom is 0.332 e. The second kappa shape index (κ2) is 5.69. The summed E-state index contributed by atoms with van der Waals surface area (Å²) >= 11 is 0. The summed E-state index contributed by atoms with van der Waals surface area (Å²) in [7, 11) is 0. The van der Waals surface area contributed by atoms with Crippen LogP contribution in [0, 0.1) is 5.92 Å². The highest BCUT2D eigenvalue weighted by atomic mass is 16.5. The van der Waals surface area contributed by atoms with Gasteiger partial charge in [0, 0.05) is 13.1 Å². The third kappa shape index (κ3) is 2.83. The molecule has 1 saturated heterocycles. The Hall–Kier alpha value is -1.10. The lowest BCUT2D eigenvalue weighted by Crippen LogP contribution is -2.43. The number of likely N-dealkylation sites (N-methyl/N-ethyl adjacent to an activating group) is 1. The molecule has 0 unspecified atom stereocenters. The van der Waals surface area contributed by atoms with Crippen molar-refractivity contribution in [2.75, 3.05) is 13.1 Å². The molecule has 0 radical (unpaired) electrons. The molecule has 0 aromatic rings. The maximum absolute atomic E-state index is 12.2. The number of carbonyl (C=O) groups is 2. The number of nitrogens with zero attached hydrogens (tertiary/aromatic N) is 1. The molecule has 0 aromatic carbocycles. The fraction of sp³-hybridized carbons (Fsp3) is 0.846. The zero-order valence-corrected chi connectivity index (χ0v) is 10.8. The number of hydrogen-bond donors (Lipinski definition) is 1. The molecule has 2 fully saturated rings. The van der Waals surface area contributed by atoms with Crippen LogP contribution in [0.4, 0.5) is 0 Å². The van der Waals surface area contributed by atoms with E-state index >= 15 is 0 Å². The number of carboxylic acids is 1. The molecule has 1 saturated carbocycles. The van der Waals surface area contributed by atoms with Crippen LogP contribution < -0.4 is 0 Å². The van der Waals surface area contributed by atoms with Gasteiger partial charge in [0.15, 0.2) is 6.10 Å². The third-order valence-electron chi connectivity index (χ3n) is 3.97. The van der Waals surface area contributed by atoms with Gasteiger partial charge in [0.2, 0.25) is 0 Å². The van der Waals surface area contributed by atoms with Crippen LogP contribution in [0.3, 0.4) is 0 Å². The van der Waals surface area contributed by atoms with E-state index < -0.39 is 18.2 Å². The van der Waals surface area contributed by atoms with E-state index in [1.54, 1.807) is 0 Å². The summed E-state index contributed by atoms with van der Waals surface area (Å²) in [4.78, 5) is 24.8. The second-order valence-electron chi connectivity index (χ2n) is 5.20. The van der Waals surface area contributed by atoms with Crippen molar-refractivity contribution in [3.8, 4) is 0 Å². The van der Waals surface area contributed by atoms with Gasteiger partial charge in [-0.1, -0.05) is 6.42 Å². The second-order valence-corrected chi connectivity index (χ2v) is 5.20. The van der Waals surface area contributed by atoms with Crippen molar-refractivity contribution in [2.24, 2.45) is 5.92 Å². The van der Waals surface area contributed by atoms with Crippen molar-refractivity contribution >= 4 is 11.9 Å². The van der Waals surface area contributed by atoms with Gasteiger partial charge in [-0.05, 0) is 38.5 Å². The zero-order valence-electron chi connectivity index (χ0n) is 10.8. The first-order valence-electron chi connectivity index (χ1n) is 6.79. The third-order valence-corrected chi connectivity index (χ3v) is 3.97. The molecule has 18 heavy (non-hydrogen) atoms. The Labute approximate surface area is 107 Å². The maximum atomic E-state index is 12.2. The Morgan fingerprint density at radius 3 is 2.33 bits per heavy atom. The molecule has 2 aliphatic rings. The van der Waals surface area contributed by atoms with Crippen molar-refractivity contribution in [2.45, 2.75) is 51.2 Å². The molecule has 0 spiro atoms. The highest BCUT2D eigenvalue weighted by molar-refractivity contribution is 5.82. The van der Waals surface area contributed by atoms with E-state index in [0.29, 0.717) is 25.3 Å². The van der Waals surface area contributed by atoms with Crippen LogP contribution in [0.15, 0.2) is 0 Å². The van der Waals surface area contributed by atoms with Gasteiger partial charge in [-0.2, -0.15) is 0 Å². The monoisotopic (exact) mass is 255 g/mol. The standard InChI is InChI=1S/C13H21NO4/c1-2-14(8-9-4-3-5-9)12(15)10-6-7-11(18-10)13(16)17/h9-11H,2-8H2,1H3,(H,16,17)/t10-,11+/m0/s1. The topological polar surface area (TPSA) is 66.8 Å². The number of amides is 1. The van der Waals surface area contributed by atoms with Gasteiger partial charge in [0.25, 0.3) is 5.91 Å². The number of aliphatic carboxylic acids is 1. The zero-order chi connectivity index (χ0) is 13.1. The summed E-state index contributed by atoms with van der Waals surface area (Å²) in [6, 6.07) is 0. The molecule has 0 bridgehead atoms. The Balaban J connectivity index is 1.86. The van der Waals surface area contributed by atoms with Crippen LogP contribution in [-0.2, 0) is 14.3 Å². The van der Waals surface area contributed by atoms with Crippen LogP contribution in [0.2, 0.25) is 0 Å². The molecule has 2 atom stereocenters. The first-order chi connectivity index (χ1) is 8.61. The molecule has 102 valence electrons. The Morgan fingerprint density at radius 2 is 1.89 bits per heavy atom. The molecule has 5 nitrogen and oxygen atoms in total. The molecular weight excluding hydrogens is 234 g/mol. The van der Waals surface area contributed by atoms with Crippen molar-refractivity contribution in [1.29, 1.82) is 0 Å². The van der Waals surface area contributed by atoms with Gasteiger partial charge >= 0.3 is 5.97 Å². The Morgan fingerprint density at radius 1 is 1.22 bits per heavy atom. The van der Waals surface area contributed by atoms with E-state index in [9.17, 15) is 9.59 Å². The number of ether oxygens (including phenoxy) is 1. The summed E-state index contributed by atoms with van der Waals surface area (Å²) in [5.41, 5.74) is 0. The van der Waals surface area contributed by atoms with E-state index in [4.69, 9.17) is 9.84 Å². The average molecular weight is 255 g/mol. The highest BCUT2D eigenvalue weighted by Gasteiger charge is 2.37. The molecule has 0 aromatic heterocycles. The summed E-state index contributed by atoms with van der Waals surface area (Å²) in [5.74, 6) is -0.369. The smallest absolute Gasteiger partial charge is 0.332 e. The Bertz CT molecular complexity index is 327. The molecule has 2 rings (SSSR count). The SMILES string of the molecule is CCN(CC1CCC1)C(=O)[C@@H]1CC[C@H](C(=O)O)O1. The minimum absolute atomic E-state index is 0.0341. The number of hydrogen-bond acceptors (Lipinski definition) is 3. The Kier molecular flexibility index (Phi) is 4.22. The molecule has 5 heteroatoms. The molecule has 1 aliphatic heterocycles. The lowest BCUT2D eigenvalue weighted by Gasteiger charge is -2.33. The van der Waals surface area contributed by atoms with Gasteiger partial charge in [0.05, 0.1) is 0 Å². The van der Waals surface area contributed by atoms with Gasteiger partial charge in [-0.3, -0.25) is 4.79 Å². The molecule has 1 heterocycles. The minimum atomic E-state index is -0.965. The summed E-state index contributed by atoms with van der Waals surface area (Å²) < 4.78 is 5.31. The number of carbonyl (C=O) groups excluding carboxylic acids is 1. The van der Waals surface area contributed by atoms with E-state index in [2.05, 4.69) is 0 Å². The molecular formula is C13H21NO4. The van der Waals surface area contributed by atoms with E-state index in [1.807, 2.05) is 11.8 Å². The van der Waals surface area contributed by atoms with Gasteiger partial charge in [-0.25, -0.2) is 4.79 Å². The normalized spacial score (nSPS) is 27.8. The van der Waals surface area contributed by atoms with Crippen LogP contribution in [0.1, 0.15) is 39.0 Å². The lowest BCUT2D eigenvalue weighted by molar-refractivity contribution is -0.155. The van der Waals surface area contributed by atoms with Crippen LogP contribution >= 0.6 is 0 Å². The van der Waals surface area contributed by atoms with Crippen molar-refractivity contribution < 1.29 is 19.4 Å². The quantitative estimate of drug-likeness (QED) is 0.803. The minimum Gasteiger partial charge on any atom is -0.479 e. The molecule has 1 aliphatic carbocycles. The van der Waals surface area contributed by atoms with Crippen LogP contribution in [-0.4, -0.2) is 47.2 Å². The van der Waals surface area contributed by atoms with Gasteiger partial charge in [-0.15, -0.1) is 0 Å². The van der Waals surface area contributed by atoms with Crippen molar-refractivity contribution in [1.82, 2.24) is 4.90 Å². The largest absolute Gasteiger partial charge is 0.479 e. The predicted octanol–water partition coefficient (Wildman–Crippen LogP) is 1.27. The van der Waals surface area contributed by atoms with Crippen molar-refractivity contribution in [3.63, 3.8) is 0 Å². The highest BCUT2D eigenvalue weighted by Crippen LogP contribution is 2.28. The first kappa shape index (κ1) is 13.3. The first-order valence-corrected chi connectivity index (χ1v) is 6.79. The summed E-state index contributed by atoms with van der Waals surface area (Å²) in [5, 5.41) is 8.85. The fourth-order valence-electron chi connectivity index (χ4n) is 2.57. The summed E-state index contributed by atoms with van der Waals surface area (Å²) in [6.07, 6.45) is 3.27. The van der Waals surface area contributed by atoms with Crippen LogP contribution in [0.5, 0.6) is 0 Å². The average Bonchev–Trinajstić information content (AvgIpc) is 2.76. The lowest BCUT2D eigenvalue weighted by atomic mass is 9.85. The number of rotatable bonds is 5. The summed E-state index contributed by atoms with van der Waals surface area (Å²) in [6.45, 7) is 3.43. The van der Waals surface area contributed by atoms with Gasteiger partial charge in [0.1, 0.15) is 6.10 Å². The molecule has 1 amide bonds. The predicted molar refractivity (Wildman–Crippen MR) is 65.1 cm³/mol. The van der Waals surface area contributed by atoms with Crippen molar-refractivity contribution in [3.05, 3.63) is 0 Å². The molecule has 1 N–H and O–H groups in total. The van der Waals surface area contributed by atoms with E-state index in [0.717, 1.165) is 6.54 Å².